The van der Waals surface area contributed by atoms with Gasteiger partial charge in [0, 0.05) is 16.5 Å². The van der Waals surface area contributed by atoms with Crippen LogP contribution in [0.3, 0.4) is 0 Å². The predicted octanol–water partition coefficient (Wildman–Crippen LogP) is 5.99. The van der Waals surface area contributed by atoms with Crippen LogP contribution < -0.4 is 11.1 Å². The summed E-state index contributed by atoms with van der Waals surface area (Å²) in [7, 11) is -3.16. The molecule has 0 amide bonds. The second-order valence-corrected chi connectivity index (χ2v) is 13.5. The van der Waals surface area contributed by atoms with Gasteiger partial charge in [0.1, 0.15) is 12.1 Å². The van der Waals surface area contributed by atoms with E-state index in [2.05, 4.69) is 5.32 Å². The molecule has 3 N–H and O–H groups in total. The molecular formula is C22H51N2O4P. The Bertz CT molecular complexity index is 465. The molecule has 0 bridgehead atoms. The van der Waals surface area contributed by atoms with Crippen molar-refractivity contribution in [1.29, 1.82) is 0 Å². The van der Waals surface area contributed by atoms with E-state index in [1.165, 1.54) is 0 Å². The Kier molecular flexibility index (Phi) is 15.2. The molecular weight excluding hydrogens is 387 g/mol. The maximum absolute atomic E-state index is 12.9. The zero-order valence-electron chi connectivity index (χ0n) is 21.7. The van der Waals surface area contributed by atoms with Crippen LogP contribution in [0.2, 0.25) is 0 Å². The number of carbonyl (C=O) groups is 1. The average molecular weight is 439 g/mol. The van der Waals surface area contributed by atoms with E-state index in [0.717, 1.165) is 6.29 Å². The highest BCUT2D eigenvalue weighted by molar-refractivity contribution is 7.54. The molecule has 0 saturated heterocycles. The summed E-state index contributed by atoms with van der Waals surface area (Å²) in [5.74, 6) is -0.329. The zero-order valence-corrected chi connectivity index (χ0v) is 22.6. The van der Waals surface area contributed by atoms with Crippen LogP contribution in [0.5, 0.6) is 0 Å². The molecule has 0 aromatic heterocycles. The van der Waals surface area contributed by atoms with Gasteiger partial charge in [-0.3, -0.25) is 9.88 Å². The Hall–Kier alpha value is -0.260. The first-order valence-corrected chi connectivity index (χ1v) is 12.0. The summed E-state index contributed by atoms with van der Waals surface area (Å²) in [6.07, 6.45) is 0.938. The number of carbonyl (C=O) groups excluding carboxylic acids is 1. The molecule has 0 fully saturated rings. The topological polar surface area (TPSA) is 90.7 Å². The number of aldehydes is 1. The Morgan fingerprint density at radius 2 is 1.14 bits per heavy atom. The molecule has 0 aromatic carbocycles. The standard InChI is InChI=1S/C13H30NO3P.C5H10O.C4H11N/c1-9-16-18(15,17-10-2)11(12(3,4)5)14-13(6,7)8;1-5(2,3)4-6;1-4(2,3)5/h11,14H,9-10H2,1-8H3;4H,1-3H3;5H2,1-3H3. The van der Waals surface area contributed by atoms with E-state index in [-0.39, 0.29) is 27.7 Å². The normalized spacial score (nSPS) is 14.2. The minimum absolute atomic E-state index is 0. The van der Waals surface area contributed by atoms with Gasteiger partial charge in [-0.15, -0.1) is 0 Å². The van der Waals surface area contributed by atoms with Crippen LogP contribution in [-0.2, 0) is 18.4 Å². The predicted molar refractivity (Wildman–Crippen MR) is 126 cm³/mol. The zero-order chi connectivity index (χ0) is 24.3. The highest BCUT2D eigenvalue weighted by Crippen LogP contribution is 2.57. The van der Waals surface area contributed by atoms with Gasteiger partial charge >= 0.3 is 7.60 Å². The van der Waals surface area contributed by atoms with E-state index in [4.69, 9.17) is 14.8 Å². The first-order valence-electron chi connectivity index (χ1n) is 10.4. The molecule has 0 aliphatic carbocycles. The summed E-state index contributed by atoms with van der Waals surface area (Å²) >= 11 is 0. The van der Waals surface area contributed by atoms with Crippen molar-refractivity contribution < 1.29 is 18.4 Å². The fraction of sp³-hybridized carbons (Fsp3) is 0.955. The fourth-order valence-corrected chi connectivity index (χ4v) is 4.31. The quantitative estimate of drug-likeness (QED) is 0.391. The first kappa shape index (κ1) is 33.4. The summed E-state index contributed by atoms with van der Waals surface area (Å²) in [4.78, 5) is 9.83. The lowest BCUT2D eigenvalue weighted by molar-refractivity contribution is -0.113. The van der Waals surface area contributed by atoms with Crippen LogP contribution >= 0.6 is 7.60 Å². The van der Waals surface area contributed by atoms with E-state index in [1.54, 1.807) is 0 Å². The molecule has 0 aliphatic rings. The lowest BCUT2D eigenvalue weighted by Gasteiger charge is -2.40. The third-order valence-corrected chi connectivity index (χ3v) is 5.45. The van der Waals surface area contributed by atoms with Gasteiger partial charge in [-0.1, -0.05) is 41.5 Å². The van der Waals surface area contributed by atoms with Gasteiger partial charge in [0.25, 0.3) is 0 Å². The molecule has 178 valence electrons. The lowest BCUT2D eigenvalue weighted by Crippen LogP contribution is -2.50. The van der Waals surface area contributed by atoms with Crippen molar-refractivity contribution in [3.05, 3.63) is 0 Å². The molecule has 0 rings (SSSR count). The van der Waals surface area contributed by atoms with E-state index < -0.39 is 7.60 Å². The molecule has 0 aromatic rings. The fourth-order valence-electron chi connectivity index (χ4n) is 1.73. The molecule has 0 aliphatic heterocycles. The smallest absolute Gasteiger partial charge is 0.326 e. The van der Waals surface area contributed by atoms with Gasteiger partial charge in [0.05, 0.1) is 13.2 Å². The van der Waals surface area contributed by atoms with Gasteiger partial charge in [-0.05, 0) is 60.8 Å². The molecule has 6 nitrogen and oxygen atoms in total. The van der Waals surface area contributed by atoms with E-state index in [9.17, 15) is 9.36 Å². The van der Waals surface area contributed by atoms with Crippen LogP contribution in [0.1, 0.15) is 96.9 Å². The summed E-state index contributed by atoms with van der Waals surface area (Å²) in [5, 5.41) is 3.39. The van der Waals surface area contributed by atoms with E-state index in [1.807, 2.05) is 96.9 Å². The minimum Gasteiger partial charge on any atom is -0.326 e. The van der Waals surface area contributed by atoms with Crippen molar-refractivity contribution in [3.8, 4) is 0 Å². The van der Waals surface area contributed by atoms with Crippen molar-refractivity contribution >= 4 is 13.9 Å². The molecule has 0 saturated carbocycles. The summed E-state index contributed by atoms with van der Waals surface area (Å²) in [6, 6.07) is 0. The number of hydrogen-bond acceptors (Lipinski definition) is 6. The largest absolute Gasteiger partial charge is 0.347 e. The van der Waals surface area contributed by atoms with E-state index >= 15 is 0 Å². The van der Waals surface area contributed by atoms with Crippen molar-refractivity contribution in [2.75, 3.05) is 13.2 Å². The second-order valence-electron chi connectivity index (χ2n) is 11.4. The number of nitrogens with two attached hydrogens (primary N) is 1. The Morgan fingerprint density at radius 1 is 0.862 bits per heavy atom. The third-order valence-electron chi connectivity index (χ3n) is 2.68. The van der Waals surface area contributed by atoms with Crippen LogP contribution in [0.15, 0.2) is 0 Å². The summed E-state index contributed by atoms with van der Waals surface area (Å²) < 4.78 is 23.9. The van der Waals surface area contributed by atoms with Crippen molar-refractivity contribution in [3.63, 3.8) is 0 Å². The number of rotatable bonds is 6. The van der Waals surface area contributed by atoms with Crippen molar-refractivity contribution in [2.45, 2.75) is 114 Å². The molecule has 1 atom stereocenters. The molecule has 0 heterocycles. The highest BCUT2D eigenvalue weighted by atomic mass is 31.2. The Morgan fingerprint density at radius 3 is 1.28 bits per heavy atom. The molecule has 1 unspecified atom stereocenters. The Labute approximate surface area is 181 Å². The number of hydrogen-bond donors (Lipinski definition) is 2. The van der Waals surface area contributed by atoms with Gasteiger partial charge < -0.3 is 19.6 Å². The van der Waals surface area contributed by atoms with Crippen LogP contribution in [0.4, 0.5) is 0 Å². The maximum Gasteiger partial charge on any atom is 0.347 e. The summed E-state index contributed by atoms with van der Waals surface area (Å²) in [6.45, 7) is 28.2. The molecule has 7 heteroatoms. The molecule has 0 radical (unpaired) electrons. The highest BCUT2D eigenvalue weighted by Gasteiger charge is 2.44. The first-order chi connectivity index (χ1) is 12.5. The van der Waals surface area contributed by atoms with Crippen molar-refractivity contribution in [1.82, 2.24) is 5.32 Å². The number of nitrogens with one attached hydrogen (secondary N) is 1. The second kappa shape index (κ2) is 13.2. The minimum atomic E-state index is -3.16. The average Bonchev–Trinajstić information content (AvgIpc) is 2.41. The van der Waals surface area contributed by atoms with Crippen LogP contribution in [0, 0.1) is 10.8 Å². The molecule has 0 spiro atoms. The van der Waals surface area contributed by atoms with Gasteiger partial charge in [0.15, 0.2) is 0 Å². The van der Waals surface area contributed by atoms with Crippen LogP contribution in [0.25, 0.3) is 0 Å². The molecule has 29 heavy (non-hydrogen) atoms. The van der Waals surface area contributed by atoms with E-state index in [0.29, 0.717) is 13.2 Å². The Balaban J connectivity index is -0.000000502. The SMILES string of the molecule is CC(C)(C)C=O.CC(C)(C)N.CCOP(=O)(OCC)C(NC(C)(C)C)C(C)(C)C. The monoisotopic (exact) mass is 438 g/mol. The maximum atomic E-state index is 12.9. The van der Waals surface area contributed by atoms with Crippen molar-refractivity contribution in [2.24, 2.45) is 16.6 Å². The third kappa shape index (κ3) is 23.9. The van der Waals surface area contributed by atoms with Gasteiger partial charge in [0.2, 0.25) is 0 Å². The lowest BCUT2D eigenvalue weighted by atomic mass is 9.94. The summed E-state index contributed by atoms with van der Waals surface area (Å²) in [5.41, 5.74) is 4.85. The van der Waals surface area contributed by atoms with Gasteiger partial charge in [-0.25, -0.2) is 0 Å². The van der Waals surface area contributed by atoms with Crippen LogP contribution in [-0.4, -0.2) is 36.4 Å². The van der Waals surface area contributed by atoms with Gasteiger partial charge in [-0.2, -0.15) is 0 Å².